The lowest BCUT2D eigenvalue weighted by atomic mass is 10.2. The standard InChI is InChI=1S/C12H14N6/c1-3-10-16-11(4-2)18(17-10)12-8(6-13)5-9(14)7-15-12/h5,7H,3-4,14H2,1-2H3. The summed E-state index contributed by atoms with van der Waals surface area (Å²) in [5, 5.41) is 13.5. The van der Waals surface area contributed by atoms with Gasteiger partial charge in [0, 0.05) is 12.8 Å². The molecule has 2 aromatic heterocycles. The number of pyridine rings is 1. The van der Waals surface area contributed by atoms with Crippen molar-refractivity contribution in [3.05, 3.63) is 29.5 Å². The Bertz CT molecular complexity index is 608. The highest BCUT2D eigenvalue weighted by molar-refractivity contribution is 5.51. The molecule has 0 aliphatic heterocycles. The van der Waals surface area contributed by atoms with Gasteiger partial charge < -0.3 is 5.73 Å². The molecule has 2 heterocycles. The molecule has 0 aliphatic carbocycles. The quantitative estimate of drug-likeness (QED) is 0.873. The summed E-state index contributed by atoms with van der Waals surface area (Å²) < 4.78 is 1.62. The van der Waals surface area contributed by atoms with E-state index in [9.17, 15) is 0 Å². The third kappa shape index (κ3) is 2.02. The summed E-state index contributed by atoms with van der Waals surface area (Å²) in [5.74, 6) is 2.02. The fourth-order valence-corrected chi connectivity index (χ4v) is 1.66. The molecule has 92 valence electrons. The van der Waals surface area contributed by atoms with E-state index in [0.717, 1.165) is 24.5 Å². The Hall–Kier alpha value is -2.42. The van der Waals surface area contributed by atoms with Crippen LogP contribution >= 0.6 is 0 Å². The van der Waals surface area contributed by atoms with Gasteiger partial charge in [0.2, 0.25) is 0 Å². The molecule has 0 unspecified atom stereocenters. The lowest BCUT2D eigenvalue weighted by Gasteiger charge is -2.05. The minimum Gasteiger partial charge on any atom is -0.397 e. The van der Waals surface area contributed by atoms with Crippen molar-refractivity contribution in [1.82, 2.24) is 19.7 Å². The predicted octanol–water partition coefficient (Wildman–Crippen LogP) is 1.24. The van der Waals surface area contributed by atoms with Crippen molar-refractivity contribution in [2.45, 2.75) is 26.7 Å². The van der Waals surface area contributed by atoms with Crippen LogP contribution in [0.15, 0.2) is 12.3 Å². The summed E-state index contributed by atoms with van der Waals surface area (Å²) in [5.41, 5.74) is 6.49. The van der Waals surface area contributed by atoms with E-state index in [4.69, 9.17) is 11.0 Å². The molecule has 0 aromatic carbocycles. The van der Waals surface area contributed by atoms with Gasteiger partial charge in [0.15, 0.2) is 11.6 Å². The van der Waals surface area contributed by atoms with Crippen LogP contribution in [0.2, 0.25) is 0 Å². The number of hydrogen-bond donors (Lipinski definition) is 1. The monoisotopic (exact) mass is 242 g/mol. The van der Waals surface area contributed by atoms with Crippen LogP contribution in [0.4, 0.5) is 5.69 Å². The number of nitrogen functional groups attached to an aromatic ring is 1. The SMILES string of the molecule is CCc1nc(CC)n(-c2ncc(N)cc2C#N)n1. The van der Waals surface area contributed by atoms with E-state index in [1.54, 1.807) is 10.7 Å². The largest absolute Gasteiger partial charge is 0.397 e. The van der Waals surface area contributed by atoms with Crippen LogP contribution in [0.5, 0.6) is 0 Å². The highest BCUT2D eigenvalue weighted by Gasteiger charge is 2.14. The summed E-state index contributed by atoms with van der Waals surface area (Å²) in [4.78, 5) is 8.58. The van der Waals surface area contributed by atoms with Crippen LogP contribution in [-0.4, -0.2) is 19.7 Å². The molecule has 18 heavy (non-hydrogen) atoms. The fraction of sp³-hybridized carbons (Fsp3) is 0.333. The van der Waals surface area contributed by atoms with Crippen LogP contribution in [0, 0.1) is 11.3 Å². The van der Waals surface area contributed by atoms with Crippen molar-refractivity contribution in [3.8, 4) is 11.9 Å². The molecule has 6 heteroatoms. The second-order valence-electron chi connectivity index (χ2n) is 3.81. The Morgan fingerprint density at radius 1 is 1.39 bits per heavy atom. The number of aromatic nitrogens is 4. The predicted molar refractivity (Wildman–Crippen MR) is 67.0 cm³/mol. The number of nitrogens with zero attached hydrogens (tertiary/aromatic N) is 5. The molecule has 0 saturated carbocycles. The molecule has 0 amide bonds. The van der Waals surface area contributed by atoms with Gasteiger partial charge in [-0.05, 0) is 6.07 Å². The number of anilines is 1. The van der Waals surface area contributed by atoms with Gasteiger partial charge in [-0.15, -0.1) is 5.10 Å². The molecule has 0 saturated heterocycles. The average Bonchev–Trinajstić information content (AvgIpc) is 2.81. The molecule has 2 N–H and O–H groups in total. The number of aryl methyl sites for hydroxylation is 2. The van der Waals surface area contributed by atoms with Gasteiger partial charge in [-0.1, -0.05) is 13.8 Å². The van der Waals surface area contributed by atoms with Gasteiger partial charge in [-0.2, -0.15) is 9.94 Å². The van der Waals surface area contributed by atoms with Crippen molar-refractivity contribution in [2.75, 3.05) is 5.73 Å². The summed E-state index contributed by atoms with van der Waals surface area (Å²) >= 11 is 0. The maximum Gasteiger partial charge on any atom is 0.173 e. The number of nitriles is 1. The summed E-state index contributed by atoms with van der Waals surface area (Å²) in [6, 6.07) is 3.67. The van der Waals surface area contributed by atoms with Gasteiger partial charge in [0.25, 0.3) is 0 Å². The first kappa shape index (κ1) is 12.0. The fourth-order valence-electron chi connectivity index (χ4n) is 1.66. The minimum atomic E-state index is 0.400. The molecule has 0 radical (unpaired) electrons. The second-order valence-corrected chi connectivity index (χ2v) is 3.81. The Balaban J connectivity index is 2.61. The Morgan fingerprint density at radius 3 is 2.78 bits per heavy atom. The molecular formula is C12H14N6. The zero-order valence-corrected chi connectivity index (χ0v) is 10.4. The van der Waals surface area contributed by atoms with Gasteiger partial charge in [-0.3, -0.25) is 0 Å². The lowest BCUT2D eigenvalue weighted by molar-refractivity contribution is 0.767. The van der Waals surface area contributed by atoms with E-state index >= 15 is 0 Å². The van der Waals surface area contributed by atoms with E-state index in [-0.39, 0.29) is 0 Å². The summed E-state index contributed by atoms with van der Waals surface area (Å²) in [6.07, 6.45) is 2.99. The number of rotatable bonds is 3. The maximum absolute atomic E-state index is 9.12. The molecule has 0 fully saturated rings. The Morgan fingerprint density at radius 2 is 2.17 bits per heavy atom. The van der Waals surface area contributed by atoms with E-state index in [0.29, 0.717) is 17.1 Å². The van der Waals surface area contributed by atoms with Crippen LogP contribution in [0.1, 0.15) is 31.1 Å². The molecule has 0 spiro atoms. The third-order valence-electron chi connectivity index (χ3n) is 2.56. The highest BCUT2D eigenvalue weighted by atomic mass is 15.4. The summed E-state index contributed by atoms with van der Waals surface area (Å²) in [7, 11) is 0. The van der Waals surface area contributed by atoms with Crippen molar-refractivity contribution >= 4 is 5.69 Å². The normalized spacial score (nSPS) is 10.3. The van der Waals surface area contributed by atoms with E-state index in [1.807, 2.05) is 13.8 Å². The first-order valence-electron chi connectivity index (χ1n) is 5.80. The van der Waals surface area contributed by atoms with E-state index in [2.05, 4.69) is 21.1 Å². The van der Waals surface area contributed by atoms with Crippen molar-refractivity contribution in [1.29, 1.82) is 5.26 Å². The van der Waals surface area contributed by atoms with Gasteiger partial charge in [0.05, 0.1) is 17.4 Å². The molecule has 2 rings (SSSR count). The van der Waals surface area contributed by atoms with Crippen LogP contribution in [0.3, 0.4) is 0 Å². The summed E-state index contributed by atoms with van der Waals surface area (Å²) in [6.45, 7) is 3.98. The van der Waals surface area contributed by atoms with Crippen LogP contribution in [-0.2, 0) is 12.8 Å². The average molecular weight is 242 g/mol. The van der Waals surface area contributed by atoms with E-state index < -0.39 is 0 Å². The zero-order chi connectivity index (χ0) is 13.1. The number of nitrogens with two attached hydrogens (primary N) is 1. The van der Waals surface area contributed by atoms with Crippen molar-refractivity contribution in [3.63, 3.8) is 0 Å². The Kier molecular flexibility index (Phi) is 3.24. The molecule has 0 aliphatic rings. The topological polar surface area (TPSA) is 93.4 Å². The second kappa shape index (κ2) is 4.84. The molecule has 2 aromatic rings. The molecule has 0 bridgehead atoms. The first-order valence-corrected chi connectivity index (χ1v) is 5.80. The van der Waals surface area contributed by atoms with E-state index in [1.165, 1.54) is 6.20 Å². The minimum absolute atomic E-state index is 0.400. The molecular weight excluding hydrogens is 228 g/mol. The molecule has 0 atom stereocenters. The third-order valence-corrected chi connectivity index (χ3v) is 2.56. The lowest BCUT2D eigenvalue weighted by Crippen LogP contribution is -2.07. The highest BCUT2D eigenvalue weighted by Crippen LogP contribution is 2.15. The number of hydrogen-bond acceptors (Lipinski definition) is 5. The van der Waals surface area contributed by atoms with Gasteiger partial charge >= 0.3 is 0 Å². The maximum atomic E-state index is 9.12. The van der Waals surface area contributed by atoms with Gasteiger partial charge in [-0.25, -0.2) is 9.97 Å². The van der Waals surface area contributed by atoms with Crippen molar-refractivity contribution < 1.29 is 0 Å². The smallest absolute Gasteiger partial charge is 0.173 e. The zero-order valence-electron chi connectivity index (χ0n) is 10.4. The van der Waals surface area contributed by atoms with Crippen LogP contribution in [0.25, 0.3) is 5.82 Å². The first-order chi connectivity index (χ1) is 8.69. The van der Waals surface area contributed by atoms with Crippen LogP contribution < -0.4 is 5.73 Å². The molecule has 6 nitrogen and oxygen atoms in total. The van der Waals surface area contributed by atoms with Crippen molar-refractivity contribution in [2.24, 2.45) is 0 Å². The van der Waals surface area contributed by atoms with Gasteiger partial charge in [0.1, 0.15) is 11.9 Å². The Labute approximate surface area is 105 Å².